The molecule has 7 nitrogen and oxygen atoms in total. The van der Waals surface area contributed by atoms with E-state index in [0.717, 1.165) is 4.47 Å². The highest BCUT2D eigenvalue weighted by Crippen LogP contribution is 2.37. The van der Waals surface area contributed by atoms with Crippen molar-refractivity contribution in [3.05, 3.63) is 22.7 Å². The van der Waals surface area contributed by atoms with Crippen molar-refractivity contribution in [2.45, 2.75) is 6.42 Å². The van der Waals surface area contributed by atoms with Crippen LogP contribution in [0.3, 0.4) is 0 Å². The van der Waals surface area contributed by atoms with Gasteiger partial charge in [-0.3, -0.25) is 4.79 Å². The zero-order chi connectivity index (χ0) is 15.9. The van der Waals surface area contributed by atoms with Gasteiger partial charge >= 0.3 is 0 Å². The third-order valence-corrected chi connectivity index (χ3v) is 5.81. The van der Waals surface area contributed by atoms with Crippen LogP contribution in [0.1, 0.15) is 6.42 Å². The molecule has 116 valence electrons. The maximum absolute atomic E-state index is 11.9. The molecule has 1 fully saturated rings. The van der Waals surface area contributed by atoms with Crippen molar-refractivity contribution >= 4 is 48.3 Å². The molecule has 1 amide bonds. The molecular formula is C13H12BrN3O4S. The minimum Gasteiger partial charge on any atom is -0.493 e. The number of carbonyl (C=O) groups excluding carboxylic acids is 1. The Kier molecular flexibility index (Phi) is 3.77. The van der Waals surface area contributed by atoms with Crippen LogP contribution >= 0.6 is 15.9 Å². The van der Waals surface area contributed by atoms with Gasteiger partial charge in [0.15, 0.2) is 15.5 Å². The van der Waals surface area contributed by atoms with Gasteiger partial charge in [-0.25, -0.2) is 8.42 Å². The van der Waals surface area contributed by atoms with Crippen molar-refractivity contribution in [2.75, 3.05) is 11.5 Å². The number of aromatic amines is 1. The number of fused-ring (bicyclic) bond motifs is 1. The van der Waals surface area contributed by atoms with Crippen LogP contribution in [0.15, 0.2) is 32.9 Å². The van der Waals surface area contributed by atoms with Crippen molar-refractivity contribution in [2.24, 2.45) is 16.1 Å². The molecule has 3 rings (SSSR count). The summed E-state index contributed by atoms with van der Waals surface area (Å²) in [5.41, 5.74) is 0.816. The summed E-state index contributed by atoms with van der Waals surface area (Å²) in [4.78, 5) is 14.7. The largest absolute Gasteiger partial charge is 0.493 e. The van der Waals surface area contributed by atoms with E-state index in [1.54, 1.807) is 18.2 Å². The highest BCUT2D eigenvalue weighted by atomic mass is 79.9. The maximum atomic E-state index is 11.9. The first kappa shape index (κ1) is 15.2. The lowest BCUT2D eigenvalue weighted by Gasteiger charge is -1.99. The number of amides is 1. The Balaban J connectivity index is 1.88. The molecule has 0 aliphatic carbocycles. The number of azo groups is 1. The van der Waals surface area contributed by atoms with Crippen molar-refractivity contribution in [1.29, 1.82) is 0 Å². The second-order valence-electron chi connectivity index (χ2n) is 5.15. The van der Waals surface area contributed by atoms with Gasteiger partial charge in [-0.1, -0.05) is 15.9 Å². The molecule has 2 N–H and O–H groups in total. The van der Waals surface area contributed by atoms with E-state index < -0.39 is 21.7 Å². The molecular weight excluding hydrogens is 374 g/mol. The first-order valence-corrected chi connectivity index (χ1v) is 9.13. The van der Waals surface area contributed by atoms with Crippen molar-refractivity contribution in [3.8, 4) is 5.88 Å². The Morgan fingerprint density at radius 2 is 2.18 bits per heavy atom. The third kappa shape index (κ3) is 2.91. The number of H-pyrrole nitrogens is 1. The molecule has 1 saturated heterocycles. The molecule has 0 spiro atoms. The Labute approximate surface area is 134 Å². The zero-order valence-electron chi connectivity index (χ0n) is 11.3. The molecule has 1 aliphatic rings. The summed E-state index contributed by atoms with van der Waals surface area (Å²) in [7, 11) is -3.15. The Morgan fingerprint density at radius 1 is 1.41 bits per heavy atom. The number of hydrogen-bond acceptors (Lipinski definition) is 5. The molecule has 0 saturated carbocycles. The normalized spacial score (nSPS) is 20.9. The summed E-state index contributed by atoms with van der Waals surface area (Å²) in [6.45, 7) is 0. The summed E-state index contributed by atoms with van der Waals surface area (Å²) in [5, 5.41) is 17.9. The summed E-state index contributed by atoms with van der Waals surface area (Å²) < 4.78 is 23.5. The van der Waals surface area contributed by atoms with Crippen molar-refractivity contribution in [3.63, 3.8) is 0 Å². The van der Waals surface area contributed by atoms with E-state index in [9.17, 15) is 18.3 Å². The van der Waals surface area contributed by atoms with E-state index in [1.807, 2.05) is 0 Å². The molecule has 0 bridgehead atoms. The van der Waals surface area contributed by atoms with E-state index in [0.29, 0.717) is 10.9 Å². The molecule has 0 unspecified atom stereocenters. The third-order valence-electron chi connectivity index (χ3n) is 3.54. The lowest BCUT2D eigenvalue weighted by molar-refractivity contribution is -0.121. The van der Waals surface area contributed by atoms with Gasteiger partial charge in [0.1, 0.15) is 0 Å². The highest BCUT2D eigenvalue weighted by molar-refractivity contribution is 9.10. The lowest BCUT2D eigenvalue weighted by Crippen LogP contribution is -2.13. The number of aromatic nitrogens is 1. The van der Waals surface area contributed by atoms with Crippen LogP contribution in [-0.2, 0) is 14.6 Å². The van der Waals surface area contributed by atoms with Gasteiger partial charge < -0.3 is 10.1 Å². The van der Waals surface area contributed by atoms with Crippen LogP contribution < -0.4 is 0 Å². The molecule has 22 heavy (non-hydrogen) atoms. The van der Waals surface area contributed by atoms with Gasteiger partial charge in [-0.2, -0.15) is 0 Å². The number of sulfone groups is 1. The number of rotatable bonds is 2. The van der Waals surface area contributed by atoms with Crippen LogP contribution in [0.2, 0.25) is 0 Å². The van der Waals surface area contributed by atoms with Gasteiger partial charge in [0.2, 0.25) is 5.88 Å². The van der Waals surface area contributed by atoms with Gasteiger partial charge in [0.05, 0.1) is 22.9 Å². The Bertz CT molecular complexity index is 888. The number of nitrogens with zero attached hydrogens (tertiary/aromatic N) is 2. The second-order valence-corrected chi connectivity index (χ2v) is 8.29. The standard InChI is InChI=1S/C13H12BrN3O4S/c14-8-1-2-10-9(5-8)11(13(19)15-10)16-17-12(18)7-3-4-22(20,21)6-7/h1-2,5,7,15,19H,3-4,6H2/t7-/m1/s1. The first-order chi connectivity index (χ1) is 10.4. The van der Waals surface area contributed by atoms with E-state index in [2.05, 4.69) is 31.1 Å². The van der Waals surface area contributed by atoms with Crippen LogP contribution in [0.4, 0.5) is 5.69 Å². The van der Waals surface area contributed by atoms with Crippen LogP contribution in [0.5, 0.6) is 5.88 Å². The van der Waals surface area contributed by atoms with Gasteiger partial charge in [-0.05, 0) is 24.6 Å². The van der Waals surface area contributed by atoms with Gasteiger partial charge in [-0.15, -0.1) is 10.2 Å². The SMILES string of the molecule is O=C(N=Nc1c(O)[nH]c2ccc(Br)cc12)[C@@H]1CCS(=O)(=O)C1. The topological polar surface area (TPSA) is 112 Å². The number of halogens is 1. The molecule has 2 heterocycles. The van der Waals surface area contributed by atoms with Crippen molar-refractivity contribution in [1.82, 2.24) is 4.98 Å². The maximum Gasteiger partial charge on any atom is 0.268 e. The average molecular weight is 386 g/mol. The smallest absolute Gasteiger partial charge is 0.268 e. The first-order valence-electron chi connectivity index (χ1n) is 6.52. The molecule has 1 aromatic heterocycles. The second kappa shape index (κ2) is 5.47. The molecule has 2 aromatic rings. The summed E-state index contributed by atoms with van der Waals surface area (Å²) >= 11 is 3.32. The quantitative estimate of drug-likeness (QED) is 0.773. The van der Waals surface area contributed by atoms with Crippen LogP contribution in [-0.4, -0.2) is 35.9 Å². The Hall–Kier alpha value is -1.74. The molecule has 1 aromatic carbocycles. The van der Waals surface area contributed by atoms with E-state index in [4.69, 9.17) is 0 Å². The van der Waals surface area contributed by atoms with E-state index in [-0.39, 0.29) is 29.5 Å². The van der Waals surface area contributed by atoms with Crippen molar-refractivity contribution < 1.29 is 18.3 Å². The fourth-order valence-corrected chi connectivity index (χ4v) is 4.50. The lowest BCUT2D eigenvalue weighted by atomic mass is 10.1. The average Bonchev–Trinajstić information content (AvgIpc) is 2.95. The molecule has 1 atom stereocenters. The fourth-order valence-electron chi connectivity index (χ4n) is 2.41. The van der Waals surface area contributed by atoms with Gasteiger partial charge in [0, 0.05) is 9.86 Å². The minimum absolute atomic E-state index is 0.00418. The number of hydrogen-bond donors (Lipinski definition) is 2. The van der Waals surface area contributed by atoms with Crippen LogP contribution in [0.25, 0.3) is 10.9 Å². The van der Waals surface area contributed by atoms with Crippen LogP contribution in [0, 0.1) is 5.92 Å². The Morgan fingerprint density at radius 3 is 2.86 bits per heavy atom. The molecule has 9 heteroatoms. The number of carbonyl (C=O) groups is 1. The predicted octanol–water partition coefficient (Wildman–Crippen LogP) is 2.68. The summed E-state index contributed by atoms with van der Waals surface area (Å²) in [6, 6.07) is 5.29. The fraction of sp³-hybridized carbons (Fsp3) is 0.308. The molecule has 1 aliphatic heterocycles. The number of aromatic hydroxyl groups is 1. The summed E-state index contributed by atoms with van der Waals surface area (Å²) in [6.07, 6.45) is 0.269. The number of nitrogens with one attached hydrogen (secondary N) is 1. The van der Waals surface area contributed by atoms with Gasteiger partial charge in [0.25, 0.3) is 5.91 Å². The van der Waals surface area contributed by atoms with E-state index in [1.165, 1.54) is 0 Å². The van der Waals surface area contributed by atoms with E-state index >= 15 is 0 Å². The summed E-state index contributed by atoms with van der Waals surface area (Å²) in [5.74, 6) is -1.60. The number of benzene rings is 1. The predicted molar refractivity (Wildman–Crippen MR) is 83.9 cm³/mol. The minimum atomic E-state index is -3.15. The monoisotopic (exact) mass is 385 g/mol. The molecule has 0 radical (unpaired) electrons. The zero-order valence-corrected chi connectivity index (χ0v) is 13.7. The highest BCUT2D eigenvalue weighted by Gasteiger charge is 2.33.